The van der Waals surface area contributed by atoms with E-state index in [4.69, 9.17) is 9.47 Å². The Morgan fingerprint density at radius 1 is 1.16 bits per heavy atom. The predicted octanol–water partition coefficient (Wildman–Crippen LogP) is 2.94. The second-order valence-electron chi connectivity index (χ2n) is 6.47. The third-order valence-corrected chi connectivity index (χ3v) is 3.79. The molecule has 0 saturated carbocycles. The van der Waals surface area contributed by atoms with Crippen LogP contribution < -0.4 is 5.32 Å². The number of rotatable bonds is 7. The van der Waals surface area contributed by atoms with Crippen molar-refractivity contribution in [2.45, 2.75) is 51.2 Å². The van der Waals surface area contributed by atoms with E-state index in [0.29, 0.717) is 0 Å². The van der Waals surface area contributed by atoms with E-state index in [0.717, 1.165) is 17.3 Å². The zero-order chi connectivity index (χ0) is 19.0. The zero-order valence-electron chi connectivity index (χ0n) is 15.2. The van der Waals surface area contributed by atoms with Gasteiger partial charge in [0.2, 0.25) is 11.2 Å². The number of carbonyl (C=O) groups is 3. The summed E-state index contributed by atoms with van der Waals surface area (Å²) in [6.07, 6.45) is 1.25. The molecule has 1 amide bonds. The Bertz CT molecular complexity index is 597. The lowest BCUT2D eigenvalue weighted by molar-refractivity contribution is -0.148. The molecule has 6 nitrogen and oxygen atoms in total. The van der Waals surface area contributed by atoms with Gasteiger partial charge in [0.15, 0.2) is 0 Å². The molecule has 1 aromatic rings. The molecule has 138 valence electrons. The summed E-state index contributed by atoms with van der Waals surface area (Å²) in [5.74, 6) is -0.944. The number of alkyl carbamates (subject to hydrolysis) is 1. The van der Waals surface area contributed by atoms with Gasteiger partial charge in [-0.05, 0) is 32.6 Å². The maximum atomic E-state index is 12.7. The molecule has 0 saturated heterocycles. The summed E-state index contributed by atoms with van der Waals surface area (Å²) < 4.78 is 10.3. The maximum absolute atomic E-state index is 12.7. The standard InChI is InChI=1S/C18H25NO5S/c1-12(20)23-16(25-5)15(21)14(11-13-9-7-6-8-10-13)19-17(22)24-18(2,3)4/h6-10,14,16H,11H2,1-5H3,(H,19,22)/t14-,16?/m0/s1. The van der Waals surface area contributed by atoms with Gasteiger partial charge in [-0.2, -0.15) is 0 Å². The molecular formula is C18H25NO5S. The zero-order valence-corrected chi connectivity index (χ0v) is 16.0. The second-order valence-corrected chi connectivity index (χ2v) is 7.37. The molecule has 1 rings (SSSR count). The molecular weight excluding hydrogens is 342 g/mol. The van der Waals surface area contributed by atoms with Crippen molar-refractivity contribution >= 4 is 29.6 Å². The van der Waals surface area contributed by atoms with E-state index in [1.165, 1.54) is 6.92 Å². The Hall–Kier alpha value is -2.02. The van der Waals surface area contributed by atoms with E-state index >= 15 is 0 Å². The number of benzene rings is 1. The third-order valence-electron chi connectivity index (χ3n) is 3.04. The van der Waals surface area contributed by atoms with Crippen molar-refractivity contribution in [2.75, 3.05) is 6.26 Å². The molecule has 25 heavy (non-hydrogen) atoms. The average Bonchev–Trinajstić information content (AvgIpc) is 2.50. The quantitative estimate of drug-likeness (QED) is 0.589. The van der Waals surface area contributed by atoms with Crippen molar-refractivity contribution in [1.29, 1.82) is 0 Å². The molecule has 0 spiro atoms. The Labute approximate surface area is 152 Å². The van der Waals surface area contributed by atoms with Crippen molar-refractivity contribution < 1.29 is 23.9 Å². The lowest BCUT2D eigenvalue weighted by Gasteiger charge is -2.25. The van der Waals surface area contributed by atoms with Crippen molar-refractivity contribution in [3.63, 3.8) is 0 Å². The van der Waals surface area contributed by atoms with Crippen LogP contribution in [0.1, 0.15) is 33.3 Å². The summed E-state index contributed by atoms with van der Waals surface area (Å²) in [5.41, 5.74) is -0.792. The van der Waals surface area contributed by atoms with Crippen LogP contribution in [-0.4, -0.2) is 41.2 Å². The van der Waals surface area contributed by atoms with Crippen LogP contribution in [0.3, 0.4) is 0 Å². The number of amides is 1. The normalized spacial score (nSPS) is 13.5. The SMILES string of the molecule is CSC(OC(C)=O)C(=O)[C@H](Cc1ccccc1)NC(=O)OC(C)(C)C. The van der Waals surface area contributed by atoms with Crippen LogP contribution in [0.2, 0.25) is 0 Å². The molecule has 0 aromatic heterocycles. The minimum absolute atomic E-state index is 0.275. The molecule has 0 bridgehead atoms. The Morgan fingerprint density at radius 2 is 1.76 bits per heavy atom. The van der Waals surface area contributed by atoms with Gasteiger partial charge in [0.25, 0.3) is 0 Å². The van der Waals surface area contributed by atoms with Gasteiger partial charge in [-0.1, -0.05) is 30.3 Å². The monoisotopic (exact) mass is 367 g/mol. The minimum Gasteiger partial charge on any atom is -0.444 e. The fourth-order valence-electron chi connectivity index (χ4n) is 2.06. The summed E-state index contributed by atoms with van der Waals surface area (Å²) in [5, 5.41) is 2.59. The highest BCUT2D eigenvalue weighted by Crippen LogP contribution is 2.16. The number of Topliss-reactive ketones (excluding diaryl/α,β-unsaturated/α-hetero) is 1. The highest BCUT2D eigenvalue weighted by molar-refractivity contribution is 7.99. The van der Waals surface area contributed by atoms with E-state index in [2.05, 4.69) is 5.32 Å². The summed E-state index contributed by atoms with van der Waals surface area (Å²) in [6, 6.07) is 8.42. The fourth-order valence-corrected chi connectivity index (χ4v) is 2.69. The van der Waals surface area contributed by atoms with Crippen LogP contribution in [0.4, 0.5) is 4.79 Å². The van der Waals surface area contributed by atoms with Gasteiger partial charge in [0, 0.05) is 13.3 Å². The summed E-state index contributed by atoms with van der Waals surface area (Å²) in [7, 11) is 0. The highest BCUT2D eigenvalue weighted by atomic mass is 32.2. The highest BCUT2D eigenvalue weighted by Gasteiger charge is 2.31. The first kappa shape index (κ1) is 21.0. The van der Waals surface area contributed by atoms with Crippen molar-refractivity contribution in [1.82, 2.24) is 5.32 Å². The predicted molar refractivity (Wildman–Crippen MR) is 97.4 cm³/mol. The van der Waals surface area contributed by atoms with Crippen LogP contribution in [0.25, 0.3) is 0 Å². The second kappa shape index (κ2) is 9.46. The first-order valence-electron chi connectivity index (χ1n) is 7.89. The minimum atomic E-state index is -0.985. The van der Waals surface area contributed by atoms with Gasteiger partial charge < -0.3 is 14.8 Å². The van der Waals surface area contributed by atoms with Gasteiger partial charge in [-0.25, -0.2) is 4.79 Å². The molecule has 0 aliphatic rings. The largest absolute Gasteiger partial charge is 0.444 e. The molecule has 1 aromatic carbocycles. The number of esters is 1. The average molecular weight is 367 g/mol. The van der Waals surface area contributed by atoms with Crippen LogP contribution >= 0.6 is 11.8 Å². The molecule has 7 heteroatoms. The number of hydrogen-bond acceptors (Lipinski definition) is 6. The van der Waals surface area contributed by atoms with Gasteiger partial charge in [-0.3, -0.25) is 9.59 Å². The summed E-state index contributed by atoms with van der Waals surface area (Å²) >= 11 is 1.10. The van der Waals surface area contributed by atoms with E-state index in [1.54, 1.807) is 27.0 Å². The smallest absolute Gasteiger partial charge is 0.408 e. The lowest BCUT2D eigenvalue weighted by Crippen LogP contribution is -2.48. The molecule has 2 atom stereocenters. The first-order valence-corrected chi connectivity index (χ1v) is 9.18. The number of ether oxygens (including phenoxy) is 2. The lowest BCUT2D eigenvalue weighted by atomic mass is 10.0. The Balaban J connectivity index is 2.95. The summed E-state index contributed by atoms with van der Waals surface area (Å²) in [4.78, 5) is 36.1. The number of hydrogen-bond donors (Lipinski definition) is 1. The molecule has 0 aliphatic heterocycles. The van der Waals surface area contributed by atoms with Crippen LogP contribution in [0, 0.1) is 0 Å². The van der Waals surface area contributed by atoms with Gasteiger partial charge in [-0.15, -0.1) is 11.8 Å². The number of thioether (sulfide) groups is 1. The van der Waals surface area contributed by atoms with Crippen molar-refractivity contribution in [3.8, 4) is 0 Å². The van der Waals surface area contributed by atoms with Crippen LogP contribution in [0.15, 0.2) is 30.3 Å². The van der Waals surface area contributed by atoms with Gasteiger partial charge in [0.1, 0.15) is 5.60 Å². The Morgan fingerprint density at radius 3 is 2.24 bits per heavy atom. The van der Waals surface area contributed by atoms with E-state index in [9.17, 15) is 14.4 Å². The van der Waals surface area contributed by atoms with Gasteiger partial charge >= 0.3 is 12.1 Å². The van der Waals surface area contributed by atoms with Crippen molar-refractivity contribution in [3.05, 3.63) is 35.9 Å². The van der Waals surface area contributed by atoms with E-state index in [-0.39, 0.29) is 6.42 Å². The van der Waals surface area contributed by atoms with E-state index < -0.39 is 34.9 Å². The molecule has 0 fully saturated rings. The van der Waals surface area contributed by atoms with Crippen LogP contribution in [0.5, 0.6) is 0 Å². The fraction of sp³-hybridized carbons (Fsp3) is 0.500. The molecule has 0 heterocycles. The van der Waals surface area contributed by atoms with Gasteiger partial charge in [0.05, 0.1) is 6.04 Å². The van der Waals surface area contributed by atoms with E-state index in [1.807, 2.05) is 30.3 Å². The topological polar surface area (TPSA) is 81.7 Å². The third kappa shape index (κ3) is 8.07. The summed E-state index contributed by atoms with van der Waals surface area (Å²) in [6.45, 7) is 6.46. The number of ketones is 1. The molecule has 0 radical (unpaired) electrons. The molecule has 1 N–H and O–H groups in total. The Kier molecular flexibility index (Phi) is 7.96. The first-order chi connectivity index (χ1) is 11.6. The molecule has 0 aliphatic carbocycles. The molecule has 1 unspecified atom stereocenters. The van der Waals surface area contributed by atoms with Crippen molar-refractivity contribution in [2.24, 2.45) is 0 Å². The maximum Gasteiger partial charge on any atom is 0.408 e. The number of nitrogens with one attached hydrogen (secondary N) is 1. The van der Waals surface area contributed by atoms with Crippen LogP contribution in [-0.2, 0) is 25.5 Å². The number of carbonyl (C=O) groups excluding carboxylic acids is 3.